The van der Waals surface area contributed by atoms with Crippen molar-refractivity contribution < 1.29 is 5.11 Å². The lowest BCUT2D eigenvalue weighted by Gasteiger charge is -2.22. The van der Waals surface area contributed by atoms with E-state index in [1.54, 1.807) is 11.3 Å². The van der Waals surface area contributed by atoms with Crippen molar-refractivity contribution in [2.75, 3.05) is 19.7 Å². The Bertz CT molecular complexity index is 359. The summed E-state index contributed by atoms with van der Waals surface area (Å²) in [7, 11) is 0. The van der Waals surface area contributed by atoms with Gasteiger partial charge >= 0.3 is 0 Å². The van der Waals surface area contributed by atoms with Gasteiger partial charge in [-0.2, -0.15) is 0 Å². The monoisotopic (exact) mass is 288 g/mol. The summed E-state index contributed by atoms with van der Waals surface area (Å²) in [5.74, 6) is 0.516. The highest BCUT2D eigenvalue weighted by Crippen LogP contribution is 2.18. The first-order valence-corrected chi connectivity index (χ1v) is 8.09. The van der Waals surface area contributed by atoms with Gasteiger partial charge in [0.25, 0.3) is 0 Å². The second kappa shape index (κ2) is 7.43. The predicted octanol–water partition coefficient (Wildman–Crippen LogP) is 2.66. The van der Waals surface area contributed by atoms with Crippen LogP contribution in [0, 0.1) is 0 Å². The molecule has 1 atom stereocenters. The predicted molar refractivity (Wildman–Crippen MR) is 76.3 cm³/mol. The van der Waals surface area contributed by atoms with E-state index in [-0.39, 0.29) is 0 Å². The van der Waals surface area contributed by atoms with Crippen molar-refractivity contribution in [2.45, 2.75) is 44.0 Å². The van der Waals surface area contributed by atoms with E-state index in [1.807, 2.05) is 5.38 Å². The number of aliphatic hydroxyl groups excluding tert-OH is 1. The number of rotatable bonds is 7. The van der Waals surface area contributed by atoms with Crippen molar-refractivity contribution in [2.24, 2.45) is 0 Å². The van der Waals surface area contributed by atoms with Gasteiger partial charge in [0, 0.05) is 11.4 Å². The number of unbranched alkanes of at least 4 members (excludes halogenated alkanes) is 1. The lowest BCUT2D eigenvalue weighted by molar-refractivity contribution is 0.157. The molecule has 1 N–H and O–H groups in total. The van der Waals surface area contributed by atoms with Crippen LogP contribution in [-0.2, 0) is 12.3 Å². The van der Waals surface area contributed by atoms with E-state index >= 15 is 0 Å². The highest BCUT2D eigenvalue weighted by molar-refractivity contribution is 7.09. The lowest BCUT2D eigenvalue weighted by Crippen LogP contribution is -2.32. The molecule has 0 saturated carbocycles. The van der Waals surface area contributed by atoms with Crippen LogP contribution in [0.2, 0.25) is 0 Å². The summed E-state index contributed by atoms with van der Waals surface area (Å²) in [6.45, 7) is 2.57. The molecule has 5 heteroatoms. The number of aryl methyl sites for hydroxylation is 1. The quantitative estimate of drug-likeness (QED) is 0.619. The average Bonchev–Trinajstić information content (AvgIpc) is 3.03. The van der Waals surface area contributed by atoms with Gasteiger partial charge in [0.05, 0.1) is 23.2 Å². The van der Waals surface area contributed by atoms with Gasteiger partial charge in [-0.3, -0.25) is 4.90 Å². The molecular formula is C13H21ClN2OS. The molecule has 18 heavy (non-hydrogen) atoms. The van der Waals surface area contributed by atoms with Crippen molar-refractivity contribution in [3.05, 3.63) is 16.1 Å². The molecule has 1 fully saturated rings. The molecule has 0 bridgehead atoms. The molecule has 3 nitrogen and oxygen atoms in total. The third kappa shape index (κ3) is 3.92. The Labute approximate surface area is 118 Å². The van der Waals surface area contributed by atoms with Gasteiger partial charge in [-0.15, -0.1) is 22.9 Å². The van der Waals surface area contributed by atoms with E-state index in [9.17, 15) is 5.11 Å². The Balaban J connectivity index is 1.63. The van der Waals surface area contributed by atoms with Gasteiger partial charge in [0.2, 0.25) is 0 Å². The molecule has 1 aromatic rings. The van der Waals surface area contributed by atoms with Gasteiger partial charge in [0.1, 0.15) is 0 Å². The van der Waals surface area contributed by atoms with Gasteiger partial charge in [-0.05, 0) is 45.2 Å². The largest absolute Gasteiger partial charge is 0.395 e. The fourth-order valence-electron chi connectivity index (χ4n) is 2.51. The van der Waals surface area contributed by atoms with Gasteiger partial charge in [-0.25, -0.2) is 4.98 Å². The minimum Gasteiger partial charge on any atom is -0.395 e. The number of hydrogen-bond donors (Lipinski definition) is 1. The van der Waals surface area contributed by atoms with Crippen LogP contribution in [0.4, 0.5) is 0 Å². The first kappa shape index (κ1) is 14.3. The molecule has 0 radical (unpaired) electrons. The van der Waals surface area contributed by atoms with Gasteiger partial charge in [0.15, 0.2) is 0 Å². The number of hydrogen-bond acceptors (Lipinski definition) is 4. The maximum atomic E-state index is 9.24. The molecule has 2 rings (SSSR count). The van der Waals surface area contributed by atoms with Crippen LogP contribution in [0.5, 0.6) is 0 Å². The number of aliphatic hydroxyl groups is 1. The average molecular weight is 289 g/mol. The molecule has 0 spiro atoms. The molecule has 0 aliphatic carbocycles. The van der Waals surface area contributed by atoms with Crippen LogP contribution >= 0.6 is 22.9 Å². The zero-order valence-corrected chi connectivity index (χ0v) is 12.2. The molecule has 1 aliphatic heterocycles. The number of thiazole rings is 1. The van der Waals surface area contributed by atoms with Gasteiger partial charge in [-0.1, -0.05) is 0 Å². The van der Waals surface area contributed by atoms with Gasteiger partial charge < -0.3 is 5.11 Å². The fourth-order valence-corrected chi connectivity index (χ4v) is 3.58. The van der Waals surface area contributed by atoms with Crippen LogP contribution in [0.3, 0.4) is 0 Å². The van der Waals surface area contributed by atoms with Crippen molar-refractivity contribution in [1.82, 2.24) is 9.88 Å². The molecule has 0 aromatic carbocycles. The Morgan fingerprint density at radius 1 is 1.50 bits per heavy atom. The summed E-state index contributed by atoms with van der Waals surface area (Å²) in [4.78, 5) is 6.88. The lowest BCUT2D eigenvalue weighted by atomic mass is 10.2. The SMILES string of the molecule is OCC1CCCN1CCCCc1nc(CCl)cs1. The van der Waals surface area contributed by atoms with Crippen LogP contribution < -0.4 is 0 Å². The van der Waals surface area contributed by atoms with E-state index in [2.05, 4.69) is 9.88 Å². The molecule has 2 heterocycles. The minimum atomic E-state index is 0.311. The number of halogens is 1. The number of alkyl halides is 1. The summed E-state index contributed by atoms with van der Waals surface area (Å²) in [5.41, 5.74) is 0.997. The smallest absolute Gasteiger partial charge is 0.0928 e. The van der Waals surface area contributed by atoms with E-state index in [1.165, 1.54) is 24.3 Å². The third-order valence-corrected chi connectivity index (χ3v) is 4.76. The molecular weight excluding hydrogens is 268 g/mol. The van der Waals surface area contributed by atoms with E-state index < -0.39 is 0 Å². The Hall–Kier alpha value is -0.160. The molecule has 1 aromatic heterocycles. The summed E-state index contributed by atoms with van der Waals surface area (Å²) in [6.07, 6.45) is 5.80. The Morgan fingerprint density at radius 3 is 3.11 bits per heavy atom. The van der Waals surface area contributed by atoms with E-state index in [0.29, 0.717) is 18.5 Å². The summed E-state index contributed by atoms with van der Waals surface area (Å²) >= 11 is 7.45. The zero-order valence-electron chi connectivity index (χ0n) is 10.6. The molecule has 102 valence electrons. The van der Waals surface area contributed by atoms with Crippen LogP contribution in [0.25, 0.3) is 0 Å². The standard InChI is InChI=1S/C13H21ClN2OS/c14-8-11-10-18-13(15-11)5-1-2-6-16-7-3-4-12(16)9-17/h10,12,17H,1-9H2. The van der Waals surface area contributed by atoms with Crippen molar-refractivity contribution in [3.8, 4) is 0 Å². The normalized spacial score (nSPS) is 20.7. The summed E-state index contributed by atoms with van der Waals surface area (Å²) in [5, 5.41) is 12.5. The fraction of sp³-hybridized carbons (Fsp3) is 0.769. The Kier molecular flexibility index (Phi) is 5.89. The zero-order chi connectivity index (χ0) is 12.8. The highest BCUT2D eigenvalue weighted by atomic mass is 35.5. The van der Waals surface area contributed by atoms with Crippen LogP contribution in [0.1, 0.15) is 36.4 Å². The third-order valence-electron chi connectivity index (χ3n) is 3.53. The first-order valence-electron chi connectivity index (χ1n) is 6.67. The first-order chi connectivity index (χ1) is 8.83. The van der Waals surface area contributed by atoms with Crippen molar-refractivity contribution in [3.63, 3.8) is 0 Å². The van der Waals surface area contributed by atoms with Crippen LogP contribution in [0.15, 0.2) is 5.38 Å². The Morgan fingerprint density at radius 2 is 2.39 bits per heavy atom. The number of likely N-dealkylation sites (tertiary alicyclic amines) is 1. The van der Waals surface area contributed by atoms with Crippen LogP contribution in [-0.4, -0.2) is 40.7 Å². The molecule has 0 amide bonds. The molecule has 1 aliphatic rings. The molecule has 1 saturated heterocycles. The second-order valence-electron chi connectivity index (χ2n) is 4.84. The number of aromatic nitrogens is 1. The minimum absolute atomic E-state index is 0.311. The highest BCUT2D eigenvalue weighted by Gasteiger charge is 2.22. The summed E-state index contributed by atoms with van der Waals surface area (Å²) < 4.78 is 0. The van der Waals surface area contributed by atoms with Crippen molar-refractivity contribution >= 4 is 22.9 Å². The maximum Gasteiger partial charge on any atom is 0.0928 e. The maximum absolute atomic E-state index is 9.24. The topological polar surface area (TPSA) is 36.4 Å². The van der Waals surface area contributed by atoms with E-state index in [4.69, 9.17) is 11.6 Å². The van der Waals surface area contributed by atoms with Crippen molar-refractivity contribution in [1.29, 1.82) is 0 Å². The van der Waals surface area contributed by atoms with E-state index in [0.717, 1.165) is 31.6 Å². The second-order valence-corrected chi connectivity index (χ2v) is 6.05. The number of nitrogens with zero attached hydrogens (tertiary/aromatic N) is 2. The molecule has 1 unspecified atom stereocenters. The summed E-state index contributed by atoms with van der Waals surface area (Å²) in [6, 6.07) is 0.410.